The molecule has 4 N–H and O–H groups in total. The van der Waals surface area contributed by atoms with E-state index in [1.165, 1.54) is 12.1 Å². The Morgan fingerprint density at radius 2 is 1.90 bits per heavy atom. The van der Waals surface area contributed by atoms with Gasteiger partial charge in [-0.3, -0.25) is 0 Å². The lowest BCUT2D eigenvalue weighted by Gasteiger charge is -2.18. The number of imidazole rings is 1. The van der Waals surface area contributed by atoms with Gasteiger partial charge in [0.25, 0.3) is 0 Å². The Morgan fingerprint density at radius 3 is 2.55 bits per heavy atom. The van der Waals surface area contributed by atoms with Crippen LogP contribution < -0.4 is 20.5 Å². The Bertz CT molecular complexity index is 1190. The molecule has 8 nitrogen and oxygen atoms in total. The minimum Gasteiger partial charge on any atom is -0.489 e. The molecule has 1 heterocycles. The summed E-state index contributed by atoms with van der Waals surface area (Å²) in [6.45, 7) is 5.67. The highest BCUT2D eigenvalue weighted by atomic mass is 32.2. The third kappa shape index (κ3) is 4.66. The van der Waals surface area contributed by atoms with Gasteiger partial charge in [-0.1, -0.05) is 6.07 Å². The van der Waals surface area contributed by atoms with Crippen molar-refractivity contribution >= 4 is 49.8 Å². The van der Waals surface area contributed by atoms with Crippen molar-refractivity contribution in [2.75, 3.05) is 10.6 Å². The van der Waals surface area contributed by atoms with Gasteiger partial charge in [0.15, 0.2) is 5.11 Å². The summed E-state index contributed by atoms with van der Waals surface area (Å²) in [4.78, 5) is 4.47. The van der Waals surface area contributed by atoms with Gasteiger partial charge in [-0.2, -0.15) is 0 Å². The van der Waals surface area contributed by atoms with Crippen molar-refractivity contribution in [3.05, 3.63) is 42.2 Å². The van der Waals surface area contributed by atoms with E-state index in [9.17, 15) is 8.42 Å². The second kappa shape index (κ2) is 7.97. The lowest BCUT2D eigenvalue weighted by molar-refractivity contribution is 0.243. The van der Waals surface area contributed by atoms with Crippen molar-refractivity contribution in [2.45, 2.75) is 31.8 Å². The summed E-state index contributed by atoms with van der Waals surface area (Å²) >= 11 is 5.45. The first-order chi connectivity index (χ1) is 13.6. The summed E-state index contributed by atoms with van der Waals surface area (Å²) in [5.74, 6) is 1.34. The first-order valence-electron chi connectivity index (χ1n) is 8.90. The van der Waals surface area contributed by atoms with Crippen molar-refractivity contribution < 1.29 is 13.2 Å². The van der Waals surface area contributed by atoms with E-state index in [1.54, 1.807) is 6.07 Å². The second-order valence-electron chi connectivity index (χ2n) is 6.84. The van der Waals surface area contributed by atoms with Crippen LogP contribution in [0.5, 0.6) is 5.75 Å². The summed E-state index contributed by atoms with van der Waals surface area (Å²) in [7, 11) is -1.94. The number of hydrogen-bond acceptors (Lipinski definition) is 5. The number of anilines is 2. The standard InChI is InChI=1S/C19H23N5O3S2/c1-11(2)27-17-9-8-13(29(20,25)26)10-16(17)23-19(28)22-15-7-5-6-14-18(15)24(4)12(3)21-14/h5-11H,1-4H3,(H2,20,25,26)(H2,22,23,28). The molecule has 1 aromatic heterocycles. The molecule has 0 aliphatic rings. The van der Waals surface area contributed by atoms with Crippen molar-refractivity contribution in [3.63, 3.8) is 0 Å². The summed E-state index contributed by atoms with van der Waals surface area (Å²) in [6.07, 6.45) is -0.108. The van der Waals surface area contributed by atoms with Gasteiger partial charge >= 0.3 is 0 Å². The number of rotatable bonds is 5. The number of fused-ring (bicyclic) bond motifs is 1. The molecule has 29 heavy (non-hydrogen) atoms. The first kappa shape index (κ1) is 21.0. The molecule has 0 saturated carbocycles. The maximum atomic E-state index is 11.7. The fourth-order valence-corrected chi connectivity index (χ4v) is 3.66. The van der Waals surface area contributed by atoms with Crippen LogP contribution >= 0.6 is 12.2 Å². The zero-order valence-corrected chi connectivity index (χ0v) is 18.2. The third-order valence-electron chi connectivity index (χ3n) is 4.26. The molecule has 0 bridgehead atoms. The van der Waals surface area contributed by atoms with Crippen LogP contribution in [-0.4, -0.2) is 29.2 Å². The number of primary sulfonamides is 1. The Morgan fingerprint density at radius 1 is 1.21 bits per heavy atom. The lowest BCUT2D eigenvalue weighted by atomic mass is 10.2. The number of thiocarbonyl (C=S) groups is 1. The Labute approximate surface area is 175 Å². The monoisotopic (exact) mass is 433 g/mol. The minimum absolute atomic E-state index is 0.0386. The van der Waals surface area contributed by atoms with Crippen LogP contribution in [0.1, 0.15) is 19.7 Å². The fourth-order valence-electron chi connectivity index (χ4n) is 2.90. The van der Waals surface area contributed by atoms with Gasteiger partial charge in [0, 0.05) is 7.05 Å². The van der Waals surface area contributed by atoms with Crippen molar-refractivity contribution in [1.29, 1.82) is 0 Å². The molecule has 0 aliphatic carbocycles. The molecule has 3 aromatic rings. The maximum Gasteiger partial charge on any atom is 0.238 e. The molecular formula is C19H23N5O3S2. The average molecular weight is 434 g/mol. The molecule has 0 fully saturated rings. The van der Waals surface area contributed by atoms with E-state index in [-0.39, 0.29) is 16.1 Å². The highest BCUT2D eigenvalue weighted by Crippen LogP contribution is 2.29. The number of hydrogen-bond donors (Lipinski definition) is 3. The number of para-hydroxylation sites is 1. The molecule has 0 spiro atoms. The summed E-state index contributed by atoms with van der Waals surface area (Å²) < 4.78 is 31.2. The predicted molar refractivity (Wildman–Crippen MR) is 119 cm³/mol. The molecule has 10 heteroatoms. The predicted octanol–water partition coefficient (Wildman–Crippen LogP) is 3.13. The van der Waals surface area contributed by atoms with E-state index in [0.717, 1.165) is 22.5 Å². The van der Waals surface area contributed by atoms with Crippen LogP contribution in [0.15, 0.2) is 41.3 Å². The van der Waals surface area contributed by atoms with Crippen LogP contribution in [0.4, 0.5) is 11.4 Å². The summed E-state index contributed by atoms with van der Waals surface area (Å²) in [5, 5.41) is 11.7. The number of ether oxygens (including phenoxy) is 1. The molecule has 154 valence electrons. The molecule has 0 unspecified atom stereocenters. The van der Waals surface area contributed by atoms with Crippen LogP contribution in [0.25, 0.3) is 11.0 Å². The van der Waals surface area contributed by atoms with Gasteiger partial charge in [-0.05, 0) is 63.3 Å². The van der Waals surface area contributed by atoms with Crippen LogP contribution in [0, 0.1) is 6.92 Å². The van der Waals surface area contributed by atoms with E-state index in [1.807, 2.05) is 50.6 Å². The number of nitrogens with one attached hydrogen (secondary N) is 2. The van der Waals surface area contributed by atoms with Crippen LogP contribution in [0.2, 0.25) is 0 Å². The molecule has 0 amide bonds. The number of nitrogens with zero attached hydrogens (tertiary/aromatic N) is 2. The highest BCUT2D eigenvalue weighted by Gasteiger charge is 2.15. The van der Waals surface area contributed by atoms with Crippen molar-refractivity contribution in [2.24, 2.45) is 12.2 Å². The SMILES string of the molecule is Cc1nc2cccc(NC(=S)Nc3cc(S(N)(=O)=O)ccc3OC(C)C)c2n1C. The number of aryl methyl sites for hydroxylation is 2. The smallest absolute Gasteiger partial charge is 0.238 e. The largest absolute Gasteiger partial charge is 0.489 e. The highest BCUT2D eigenvalue weighted by molar-refractivity contribution is 7.89. The Hall–Kier alpha value is -2.69. The zero-order valence-electron chi connectivity index (χ0n) is 16.6. The van der Waals surface area contributed by atoms with E-state index in [4.69, 9.17) is 22.1 Å². The third-order valence-corrected chi connectivity index (χ3v) is 5.37. The van der Waals surface area contributed by atoms with E-state index < -0.39 is 10.0 Å². The van der Waals surface area contributed by atoms with Crippen molar-refractivity contribution in [1.82, 2.24) is 9.55 Å². The van der Waals surface area contributed by atoms with Gasteiger partial charge in [-0.15, -0.1) is 0 Å². The topological polar surface area (TPSA) is 111 Å². The molecule has 0 aliphatic heterocycles. The van der Waals surface area contributed by atoms with Gasteiger partial charge in [0.1, 0.15) is 11.6 Å². The summed E-state index contributed by atoms with van der Waals surface area (Å²) in [6, 6.07) is 10.0. The Kier molecular flexibility index (Phi) is 5.78. The molecule has 0 atom stereocenters. The minimum atomic E-state index is -3.87. The van der Waals surface area contributed by atoms with Crippen LogP contribution in [0.3, 0.4) is 0 Å². The Balaban J connectivity index is 1.92. The molecule has 2 aromatic carbocycles. The second-order valence-corrected chi connectivity index (χ2v) is 8.81. The lowest BCUT2D eigenvalue weighted by Crippen LogP contribution is -2.21. The molecule has 3 rings (SSSR count). The van der Waals surface area contributed by atoms with E-state index in [0.29, 0.717) is 11.4 Å². The molecule has 0 saturated heterocycles. The number of benzene rings is 2. The number of sulfonamides is 1. The zero-order chi connectivity index (χ0) is 21.3. The number of nitrogens with two attached hydrogens (primary N) is 1. The summed E-state index contributed by atoms with van der Waals surface area (Å²) in [5.41, 5.74) is 2.93. The maximum absolute atomic E-state index is 11.7. The van der Waals surface area contributed by atoms with E-state index >= 15 is 0 Å². The fraction of sp³-hybridized carbons (Fsp3) is 0.263. The van der Waals surface area contributed by atoms with Gasteiger partial charge in [0.2, 0.25) is 10.0 Å². The van der Waals surface area contributed by atoms with Gasteiger partial charge in [-0.25, -0.2) is 18.5 Å². The molecular weight excluding hydrogens is 410 g/mol. The van der Waals surface area contributed by atoms with E-state index in [2.05, 4.69) is 15.6 Å². The first-order valence-corrected chi connectivity index (χ1v) is 10.9. The van der Waals surface area contributed by atoms with Gasteiger partial charge < -0.3 is 19.9 Å². The quantitative estimate of drug-likeness (QED) is 0.530. The molecule has 0 radical (unpaired) electrons. The number of aromatic nitrogens is 2. The van der Waals surface area contributed by atoms with Gasteiger partial charge in [0.05, 0.1) is 33.4 Å². The normalized spacial score (nSPS) is 11.7. The van der Waals surface area contributed by atoms with Crippen molar-refractivity contribution in [3.8, 4) is 5.75 Å². The average Bonchev–Trinajstić information content (AvgIpc) is 2.90. The van der Waals surface area contributed by atoms with Crippen LogP contribution in [-0.2, 0) is 17.1 Å².